The van der Waals surface area contributed by atoms with Crippen molar-refractivity contribution in [3.05, 3.63) is 61.1 Å². The molecule has 0 heterocycles. The second kappa shape index (κ2) is 6.72. The van der Waals surface area contributed by atoms with Crippen LogP contribution in [0, 0.1) is 10.5 Å². The van der Waals surface area contributed by atoms with Crippen LogP contribution in [0.5, 0.6) is 5.75 Å². The number of ether oxygens (including phenoxy) is 1. The van der Waals surface area contributed by atoms with Crippen LogP contribution in [0.3, 0.4) is 0 Å². The fourth-order valence-electron chi connectivity index (χ4n) is 1.86. The highest BCUT2D eigenvalue weighted by Gasteiger charge is 2.08. The summed E-state index contributed by atoms with van der Waals surface area (Å²) in [5.74, 6) is 0.768. The lowest BCUT2D eigenvalue weighted by Gasteiger charge is -2.14. The predicted molar refractivity (Wildman–Crippen MR) is 88.3 cm³/mol. The Balaban J connectivity index is 2.17. The Hall–Kier alpha value is -0.590. The highest BCUT2D eigenvalue weighted by atomic mass is 127. The Morgan fingerprint density at radius 1 is 1.21 bits per heavy atom. The van der Waals surface area contributed by atoms with Crippen molar-refractivity contribution in [1.29, 1.82) is 0 Å². The van der Waals surface area contributed by atoms with Crippen LogP contribution < -0.4 is 4.74 Å². The van der Waals surface area contributed by atoms with E-state index in [0.717, 1.165) is 26.9 Å². The number of aliphatic hydroxyl groups is 1. The van der Waals surface area contributed by atoms with Gasteiger partial charge < -0.3 is 9.84 Å². The van der Waals surface area contributed by atoms with Crippen molar-refractivity contribution >= 4 is 38.5 Å². The first-order chi connectivity index (χ1) is 9.10. The van der Waals surface area contributed by atoms with Crippen LogP contribution in [-0.2, 0) is 13.2 Å². The number of aryl methyl sites for hydroxylation is 1. The van der Waals surface area contributed by atoms with Crippen LogP contribution in [0.1, 0.15) is 16.7 Å². The van der Waals surface area contributed by atoms with Gasteiger partial charge in [0.1, 0.15) is 12.4 Å². The van der Waals surface area contributed by atoms with E-state index in [-0.39, 0.29) is 6.61 Å². The van der Waals surface area contributed by atoms with Gasteiger partial charge in [0.05, 0.1) is 6.61 Å². The molecule has 2 aromatic rings. The normalized spacial score (nSPS) is 10.5. The average molecular weight is 433 g/mol. The maximum Gasteiger partial charge on any atom is 0.128 e. The molecule has 4 heteroatoms. The molecule has 2 aromatic carbocycles. The molecule has 2 nitrogen and oxygen atoms in total. The first-order valence-electron chi connectivity index (χ1n) is 5.87. The molecule has 0 aliphatic carbocycles. The van der Waals surface area contributed by atoms with Gasteiger partial charge in [-0.1, -0.05) is 28.1 Å². The lowest BCUT2D eigenvalue weighted by molar-refractivity contribution is 0.258. The fraction of sp³-hybridized carbons (Fsp3) is 0.200. The summed E-state index contributed by atoms with van der Waals surface area (Å²) in [7, 11) is 0. The van der Waals surface area contributed by atoms with Crippen molar-refractivity contribution in [2.45, 2.75) is 20.1 Å². The van der Waals surface area contributed by atoms with Gasteiger partial charge >= 0.3 is 0 Å². The van der Waals surface area contributed by atoms with Crippen molar-refractivity contribution < 1.29 is 9.84 Å². The summed E-state index contributed by atoms with van der Waals surface area (Å²) < 4.78 is 8.02. The molecule has 0 aromatic heterocycles. The zero-order valence-electron chi connectivity index (χ0n) is 10.5. The van der Waals surface area contributed by atoms with E-state index in [2.05, 4.69) is 62.8 Å². The van der Waals surface area contributed by atoms with Crippen molar-refractivity contribution in [2.75, 3.05) is 0 Å². The molecule has 0 aliphatic rings. The van der Waals surface area contributed by atoms with Crippen molar-refractivity contribution in [1.82, 2.24) is 0 Å². The average Bonchev–Trinajstić information content (AvgIpc) is 2.39. The molecule has 0 saturated carbocycles. The Labute approximate surface area is 135 Å². The second-order valence-corrected chi connectivity index (χ2v) is 6.45. The molecule has 0 spiro atoms. The van der Waals surface area contributed by atoms with E-state index < -0.39 is 0 Å². The van der Waals surface area contributed by atoms with Gasteiger partial charge in [-0.05, 0) is 64.9 Å². The van der Waals surface area contributed by atoms with E-state index in [0.29, 0.717) is 6.61 Å². The second-order valence-electron chi connectivity index (χ2n) is 4.28. The minimum absolute atomic E-state index is 0.0255. The summed E-state index contributed by atoms with van der Waals surface area (Å²) in [5.41, 5.74) is 2.94. The SMILES string of the molecule is Cc1cc(Br)cc(CO)c1OCc1ccc(I)cc1. The fourth-order valence-corrected chi connectivity index (χ4v) is 2.84. The van der Waals surface area contributed by atoms with Crippen LogP contribution in [-0.4, -0.2) is 5.11 Å². The standard InChI is InChI=1S/C15H14BrIO2/c1-10-6-13(16)7-12(8-18)15(10)19-9-11-2-4-14(17)5-3-11/h2-7,18H,8-9H2,1H3. The summed E-state index contributed by atoms with van der Waals surface area (Å²) in [6, 6.07) is 12.1. The molecule has 0 unspecified atom stereocenters. The lowest BCUT2D eigenvalue weighted by atomic mass is 10.1. The smallest absolute Gasteiger partial charge is 0.128 e. The Bertz CT molecular complexity index is 567. The zero-order chi connectivity index (χ0) is 13.8. The molecule has 19 heavy (non-hydrogen) atoms. The van der Waals surface area contributed by atoms with Gasteiger partial charge in [0.25, 0.3) is 0 Å². The molecule has 0 saturated heterocycles. The van der Waals surface area contributed by atoms with Gasteiger partial charge in [-0.2, -0.15) is 0 Å². The largest absolute Gasteiger partial charge is 0.488 e. The maximum atomic E-state index is 9.40. The van der Waals surface area contributed by atoms with Gasteiger partial charge in [-0.3, -0.25) is 0 Å². The third-order valence-corrected chi connectivity index (χ3v) is 3.96. The summed E-state index contributed by atoms with van der Waals surface area (Å²) in [4.78, 5) is 0. The molecule has 0 amide bonds. The highest BCUT2D eigenvalue weighted by Crippen LogP contribution is 2.28. The summed E-state index contributed by atoms with van der Waals surface area (Å²) in [6.45, 7) is 2.46. The van der Waals surface area contributed by atoms with Gasteiger partial charge in [0.2, 0.25) is 0 Å². The van der Waals surface area contributed by atoms with Gasteiger partial charge in [0.15, 0.2) is 0 Å². The van der Waals surface area contributed by atoms with E-state index in [4.69, 9.17) is 4.74 Å². The zero-order valence-corrected chi connectivity index (χ0v) is 14.2. The number of hydrogen-bond acceptors (Lipinski definition) is 2. The van der Waals surface area contributed by atoms with Crippen molar-refractivity contribution in [3.8, 4) is 5.75 Å². The third-order valence-electron chi connectivity index (χ3n) is 2.78. The van der Waals surface area contributed by atoms with Crippen LogP contribution in [0.4, 0.5) is 0 Å². The Kier molecular flexibility index (Phi) is 5.24. The minimum atomic E-state index is -0.0255. The first-order valence-corrected chi connectivity index (χ1v) is 7.74. The Morgan fingerprint density at radius 3 is 2.53 bits per heavy atom. The number of rotatable bonds is 4. The minimum Gasteiger partial charge on any atom is -0.488 e. The van der Waals surface area contributed by atoms with Crippen LogP contribution in [0.2, 0.25) is 0 Å². The van der Waals surface area contributed by atoms with Crippen LogP contribution in [0.15, 0.2) is 40.9 Å². The molecule has 2 rings (SSSR count). The quantitative estimate of drug-likeness (QED) is 0.724. The van der Waals surface area contributed by atoms with E-state index in [9.17, 15) is 5.11 Å². The molecule has 0 atom stereocenters. The molecular formula is C15H14BrIO2. The van der Waals surface area contributed by atoms with Crippen molar-refractivity contribution in [2.24, 2.45) is 0 Å². The monoisotopic (exact) mass is 432 g/mol. The number of benzene rings is 2. The number of halogens is 2. The molecule has 100 valence electrons. The van der Waals surface area contributed by atoms with E-state index in [1.54, 1.807) is 0 Å². The molecule has 0 fully saturated rings. The van der Waals surface area contributed by atoms with Crippen LogP contribution >= 0.6 is 38.5 Å². The van der Waals surface area contributed by atoms with Gasteiger partial charge in [-0.25, -0.2) is 0 Å². The van der Waals surface area contributed by atoms with Gasteiger partial charge in [0, 0.05) is 13.6 Å². The first kappa shape index (κ1) is 14.8. The summed E-state index contributed by atoms with van der Waals surface area (Å²) in [5, 5.41) is 9.40. The number of hydrogen-bond donors (Lipinski definition) is 1. The van der Waals surface area contributed by atoms with Crippen LogP contribution in [0.25, 0.3) is 0 Å². The van der Waals surface area contributed by atoms with E-state index in [1.165, 1.54) is 3.57 Å². The topological polar surface area (TPSA) is 29.5 Å². The third kappa shape index (κ3) is 3.94. The predicted octanol–water partition coefficient (Wildman–Crippen LogP) is 4.43. The lowest BCUT2D eigenvalue weighted by Crippen LogP contribution is -2.01. The summed E-state index contributed by atoms with van der Waals surface area (Å²) >= 11 is 5.70. The molecule has 0 aliphatic heterocycles. The molecule has 0 radical (unpaired) electrons. The molecular weight excluding hydrogens is 419 g/mol. The Morgan fingerprint density at radius 2 is 1.89 bits per heavy atom. The molecule has 0 bridgehead atoms. The highest BCUT2D eigenvalue weighted by molar-refractivity contribution is 14.1. The molecule has 1 N–H and O–H groups in total. The van der Waals surface area contributed by atoms with E-state index >= 15 is 0 Å². The van der Waals surface area contributed by atoms with Gasteiger partial charge in [-0.15, -0.1) is 0 Å². The summed E-state index contributed by atoms with van der Waals surface area (Å²) in [6.07, 6.45) is 0. The van der Waals surface area contributed by atoms with Crippen molar-refractivity contribution in [3.63, 3.8) is 0 Å². The maximum absolute atomic E-state index is 9.40. The number of aliphatic hydroxyl groups excluding tert-OH is 1. The van der Waals surface area contributed by atoms with E-state index in [1.807, 2.05) is 19.1 Å².